The fraction of sp³-hybridized carbons (Fsp3) is 0.562. The van der Waals surface area contributed by atoms with Gasteiger partial charge in [-0.3, -0.25) is 0 Å². The number of aromatic nitrogens is 2. The van der Waals surface area contributed by atoms with Crippen molar-refractivity contribution in [1.29, 1.82) is 0 Å². The van der Waals surface area contributed by atoms with Crippen LogP contribution in [0, 0.1) is 0 Å². The van der Waals surface area contributed by atoms with Gasteiger partial charge in [-0.25, -0.2) is 4.98 Å². The number of benzene rings is 1. The molecule has 1 aliphatic carbocycles. The average molecular weight is 309 g/mol. The predicted molar refractivity (Wildman–Crippen MR) is 88.8 cm³/mol. The van der Waals surface area contributed by atoms with Crippen LogP contribution in [-0.4, -0.2) is 21.1 Å². The van der Waals surface area contributed by atoms with Crippen molar-refractivity contribution in [2.45, 2.75) is 49.3 Å². The summed E-state index contributed by atoms with van der Waals surface area (Å²) in [5.74, 6) is 1.03. The summed E-state index contributed by atoms with van der Waals surface area (Å²) in [5, 5.41) is 0.790. The van der Waals surface area contributed by atoms with Crippen LogP contribution in [0.25, 0.3) is 11.0 Å². The number of para-hydroxylation sites is 2. The number of alkyl halides is 1. The molecule has 20 heavy (non-hydrogen) atoms. The van der Waals surface area contributed by atoms with Crippen LogP contribution in [0.2, 0.25) is 0 Å². The van der Waals surface area contributed by atoms with Gasteiger partial charge < -0.3 is 4.57 Å². The molecule has 3 rings (SSSR count). The first-order chi connectivity index (χ1) is 9.70. The lowest BCUT2D eigenvalue weighted by Crippen LogP contribution is -2.21. The van der Waals surface area contributed by atoms with Crippen molar-refractivity contribution in [2.75, 3.05) is 6.26 Å². The molecule has 2 aromatic rings. The molecule has 1 unspecified atom stereocenters. The Kier molecular flexibility index (Phi) is 4.27. The van der Waals surface area contributed by atoms with E-state index < -0.39 is 0 Å². The number of fused-ring (bicyclic) bond motifs is 1. The fourth-order valence-electron chi connectivity index (χ4n) is 3.27. The van der Waals surface area contributed by atoms with Gasteiger partial charge >= 0.3 is 0 Å². The second kappa shape index (κ2) is 5.98. The molecule has 1 aromatic heterocycles. The molecule has 1 aliphatic rings. The number of nitrogens with zero attached hydrogens (tertiary/aromatic N) is 2. The second-order valence-electron chi connectivity index (χ2n) is 5.61. The van der Waals surface area contributed by atoms with E-state index >= 15 is 0 Å². The van der Waals surface area contributed by atoms with Gasteiger partial charge in [0, 0.05) is 11.3 Å². The van der Waals surface area contributed by atoms with E-state index in [4.69, 9.17) is 16.6 Å². The van der Waals surface area contributed by atoms with E-state index in [1.807, 2.05) is 24.8 Å². The van der Waals surface area contributed by atoms with E-state index in [2.05, 4.69) is 29.0 Å². The van der Waals surface area contributed by atoms with E-state index in [1.54, 1.807) is 0 Å². The Labute approximate surface area is 129 Å². The molecule has 1 heterocycles. The molecule has 1 atom stereocenters. The van der Waals surface area contributed by atoms with Crippen LogP contribution in [-0.2, 0) is 0 Å². The van der Waals surface area contributed by atoms with Crippen LogP contribution in [0.5, 0.6) is 0 Å². The number of hydrogen-bond acceptors (Lipinski definition) is 2. The number of hydrogen-bond donors (Lipinski definition) is 0. The number of rotatable bonds is 3. The van der Waals surface area contributed by atoms with Gasteiger partial charge in [-0.15, -0.1) is 11.6 Å². The van der Waals surface area contributed by atoms with E-state index in [0.717, 1.165) is 16.6 Å². The zero-order valence-corrected chi connectivity index (χ0v) is 13.6. The molecular formula is C16H21ClN2S. The Morgan fingerprint density at radius 3 is 2.60 bits per heavy atom. The number of thioether (sulfide) groups is 1. The van der Waals surface area contributed by atoms with Gasteiger partial charge in [0.1, 0.15) is 5.82 Å². The summed E-state index contributed by atoms with van der Waals surface area (Å²) in [6.07, 6.45) is 7.30. The molecule has 0 saturated heterocycles. The minimum absolute atomic E-state index is 0.0410. The first kappa shape index (κ1) is 14.3. The summed E-state index contributed by atoms with van der Waals surface area (Å²) in [4.78, 5) is 4.75. The third-order valence-corrected chi connectivity index (χ3v) is 5.65. The smallest absolute Gasteiger partial charge is 0.127 e. The van der Waals surface area contributed by atoms with Crippen molar-refractivity contribution >= 4 is 34.4 Å². The molecule has 0 N–H and O–H groups in total. The number of imidazole rings is 1. The van der Waals surface area contributed by atoms with Crippen molar-refractivity contribution in [1.82, 2.24) is 9.55 Å². The van der Waals surface area contributed by atoms with Crippen LogP contribution in [0.1, 0.15) is 49.9 Å². The predicted octanol–water partition coefficient (Wildman–Crippen LogP) is 5.18. The maximum Gasteiger partial charge on any atom is 0.127 e. The van der Waals surface area contributed by atoms with E-state index in [9.17, 15) is 0 Å². The Balaban J connectivity index is 1.99. The zero-order chi connectivity index (χ0) is 14.1. The summed E-state index contributed by atoms with van der Waals surface area (Å²) < 4.78 is 2.41. The first-order valence-electron chi connectivity index (χ1n) is 7.34. The zero-order valence-electron chi connectivity index (χ0n) is 12.1. The van der Waals surface area contributed by atoms with Gasteiger partial charge in [0.2, 0.25) is 0 Å². The summed E-state index contributed by atoms with van der Waals surface area (Å²) in [6.45, 7) is 2.02. The molecule has 108 valence electrons. The third-order valence-electron chi connectivity index (χ3n) is 4.32. The molecule has 1 saturated carbocycles. The van der Waals surface area contributed by atoms with Gasteiger partial charge in [0.15, 0.2) is 0 Å². The lowest BCUT2D eigenvalue weighted by molar-refractivity contribution is 0.359. The molecule has 2 nitrogen and oxygen atoms in total. The molecule has 4 heteroatoms. The van der Waals surface area contributed by atoms with E-state index in [-0.39, 0.29) is 5.38 Å². The Bertz CT molecular complexity index is 585. The highest BCUT2D eigenvalue weighted by Crippen LogP contribution is 2.38. The van der Waals surface area contributed by atoms with Gasteiger partial charge in [-0.05, 0) is 51.0 Å². The van der Waals surface area contributed by atoms with Crippen LogP contribution >= 0.6 is 23.4 Å². The largest absolute Gasteiger partial charge is 0.324 e. The van der Waals surface area contributed by atoms with E-state index in [1.165, 1.54) is 31.2 Å². The topological polar surface area (TPSA) is 17.8 Å². The summed E-state index contributed by atoms with van der Waals surface area (Å²) in [5.41, 5.74) is 2.31. The minimum Gasteiger partial charge on any atom is -0.324 e. The van der Waals surface area contributed by atoms with Gasteiger partial charge in [-0.2, -0.15) is 11.8 Å². The molecule has 1 aromatic carbocycles. The maximum absolute atomic E-state index is 6.37. The van der Waals surface area contributed by atoms with Crippen LogP contribution in [0.3, 0.4) is 0 Å². The lowest BCUT2D eigenvalue weighted by Gasteiger charge is -2.30. The Hall–Kier alpha value is -0.670. The normalized spacial score (nSPS) is 24.9. The van der Waals surface area contributed by atoms with E-state index in [0.29, 0.717) is 6.04 Å². The summed E-state index contributed by atoms with van der Waals surface area (Å²) in [6, 6.07) is 8.96. The highest BCUT2D eigenvalue weighted by Gasteiger charge is 2.26. The Morgan fingerprint density at radius 1 is 1.25 bits per heavy atom. The highest BCUT2D eigenvalue weighted by molar-refractivity contribution is 7.99. The van der Waals surface area contributed by atoms with Crippen molar-refractivity contribution in [3.05, 3.63) is 30.1 Å². The maximum atomic E-state index is 6.37. The highest BCUT2D eigenvalue weighted by atomic mass is 35.5. The van der Waals surface area contributed by atoms with Crippen molar-refractivity contribution in [2.24, 2.45) is 0 Å². The SMILES string of the molecule is CSC1CCC(n2c(C(C)Cl)nc3ccccc32)CC1. The van der Waals surface area contributed by atoms with Crippen molar-refractivity contribution < 1.29 is 0 Å². The fourth-order valence-corrected chi connectivity index (χ4v) is 4.16. The molecule has 0 spiro atoms. The minimum atomic E-state index is -0.0410. The average Bonchev–Trinajstić information content (AvgIpc) is 2.87. The lowest BCUT2D eigenvalue weighted by atomic mass is 9.94. The third kappa shape index (κ3) is 2.58. The quantitative estimate of drug-likeness (QED) is 0.727. The first-order valence-corrected chi connectivity index (χ1v) is 9.07. The molecular weight excluding hydrogens is 288 g/mol. The summed E-state index contributed by atoms with van der Waals surface area (Å²) >= 11 is 8.38. The van der Waals surface area contributed by atoms with Crippen LogP contribution in [0.15, 0.2) is 24.3 Å². The molecule has 0 amide bonds. The molecule has 0 bridgehead atoms. The molecule has 1 fully saturated rings. The Morgan fingerprint density at radius 2 is 1.95 bits per heavy atom. The second-order valence-corrected chi connectivity index (χ2v) is 7.40. The molecule has 0 aliphatic heterocycles. The van der Waals surface area contributed by atoms with Crippen LogP contribution < -0.4 is 0 Å². The number of halogens is 1. The van der Waals surface area contributed by atoms with Crippen molar-refractivity contribution in [3.8, 4) is 0 Å². The van der Waals surface area contributed by atoms with Crippen molar-refractivity contribution in [3.63, 3.8) is 0 Å². The van der Waals surface area contributed by atoms with Gasteiger partial charge in [0.25, 0.3) is 0 Å². The van der Waals surface area contributed by atoms with Crippen LogP contribution in [0.4, 0.5) is 0 Å². The summed E-state index contributed by atoms with van der Waals surface area (Å²) in [7, 11) is 0. The molecule has 0 radical (unpaired) electrons. The standard InChI is InChI=1S/C16H21ClN2S/c1-11(17)16-18-14-5-3-4-6-15(14)19(16)12-7-9-13(20-2)10-8-12/h3-6,11-13H,7-10H2,1-2H3. The monoisotopic (exact) mass is 308 g/mol. The van der Waals surface area contributed by atoms with Gasteiger partial charge in [0.05, 0.1) is 16.4 Å². The van der Waals surface area contributed by atoms with Gasteiger partial charge in [-0.1, -0.05) is 12.1 Å².